The van der Waals surface area contributed by atoms with Crippen LogP contribution in [0.3, 0.4) is 0 Å². The Morgan fingerprint density at radius 2 is 1.86 bits per heavy atom. The number of ether oxygens (including phenoxy) is 1. The fourth-order valence-electron chi connectivity index (χ4n) is 3.30. The van der Waals surface area contributed by atoms with Crippen LogP contribution in [0.15, 0.2) is 24.3 Å². The number of rotatable bonds is 6. The summed E-state index contributed by atoms with van der Waals surface area (Å²) in [6, 6.07) is 7.69. The van der Waals surface area contributed by atoms with Crippen LogP contribution < -0.4 is 5.73 Å². The van der Waals surface area contributed by atoms with Gasteiger partial charge in [-0.3, -0.25) is 4.79 Å². The van der Waals surface area contributed by atoms with Gasteiger partial charge >= 0.3 is 5.97 Å². The maximum atomic E-state index is 12.4. The fraction of sp³-hybridized carbons (Fsp3) is 0.562. The molecule has 0 aromatic heterocycles. The lowest BCUT2D eigenvalue weighted by molar-refractivity contribution is -0.149. The zero-order valence-electron chi connectivity index (χ0n) is 13.2. The Morgan fingerprint density at radius 1 is 1.27 bits per heavy atom. The van der Waals surface area contributed by atoms with Gasteiger partial charge in [0, 0.05) is 18.7 Å². The summed E-state index contributed by atoms with van der Waals surface area (Å²) < 4.78 is 29.3. The van der Waals surface area contributed by atoms with Crippen LogP contribution in [0.5, 0.6) is 0 Å². The zero-order valence-corrected chi connectivity index (χ0v) is 14.0. The molecule has 1 fully saturated rings. The molecule has 6 heteroatoms. The van der Waals surface area contributed by atoms with Gasteiger partial charge in [-0.25, -0.2) is 8.42 Å². The lowest BCUT2D eigenvalue weighted by Crippen LogP contribution is -2.33. The Morgan fingerprint density at radius 3 is 2.27 bits per heavy atom. The van der Waals surface area contributed by atoms with E-state index in [1.165, 1.54) is 0 Å². The molecule has 0 saturated heterocycles. The van der Waals surface area contributed by atoms with Crippen LogP contribution in [0.1, 0.15) is 30.9 Å². The van der Waals surface area contributed by atoms with Gasteiger partial charge in [-0.05, 0) is 24.5 Å². The van der Waals surface area contributed by atoms with E-state index in [2.05, 4.69) is 0 Å². The molecule has 2 rings (SSSR count). The molecule has 1 saturated carbocycles. The van der Waals surface area contributed by atoms with E-state index < -0.39 is 32.4 Å². The smallest absolute Gasteiger partial charge is 0.315 e. The van der Waals surface area contributed by atoms with Crippen molar-refractivity contribution in [1.29, 1.82) is 0 Å². The van der Waals surface area contributed by atoms with Crippen LogP contribution in [0.4, 0.5) is 0 Å². The van der Waals surface area contributed by atoms with E-state index in [0.29, 0.717) is 0 Å². The van der Waals surface area contributed by atoms with Crippen LogP contribution in [0.2, 0.25) is 0 Å². The van der Waals surface area contributed by atoms with Crippen molar-refractivity contribution in [2.45, 2.75) is 31.4 Å². The first-order valence-electron chi connectivity index (χ1n) is 7.47. The zero-order chi connectivity index (χ0) is 16.5. The molecular formula is C16H23NO4S. The molecule has 0 amide bonds. The second kappa shape index (κ2) is 6.01. The van der Waals surface area contributed by atoms with Crippen molar-refractivity contribution in [3.8, 4) is 0 Å². The predicted octanol–water partition coefficient (Wildman–Crippen LogP) is 1.27. The lowest BCUT2D eigenvalue weighted by Gasteiger charge is -2.14. The van der Waals surface area contributed by atoms with Gasteiger partial charge < -0.3 is 10.5 Å². The van der Waals surface area contributed by atoms with Gasteiger partial charge in [-0.1, -0.05) is 31.2 Å². The summed E-state index contributed by atoms with van der Waals surface area (Å²) in [4.78, 5) is 12.4. The fourth-order valence-corrected chi connectivity index (χ4v) is 5.22. The van der Waals surface area contributed by atoms with E-state index in [-0.39, 0.29) is 13.2 Å². The van der Waals surface area contributed by atoms with Crippen molar-refractivity contribution < 1.29 is 17.9 Å². The highest BCUT2D eigenvalue weighted by atomic mass is 32.2. The number of esters is 1. The van der Waals surface area contributed by atoms with E-state index in [9.17, 15) is 13.2 Å². The van der Waals surface area contributed by atoms with Crippen LogP contribution in [0, 0.1) is 5.41 Å². The molecule has 0 unspecified atom stereocenters. The number of benzene rings is 1. The number of hydrogen-bond acceptors (Lipinski definition) is 5. The molecule has 0 radical (unpaired) electrons. The maximum absolute atomic E-state index is 12.4. The molecular weight excluding hydrogens is 302 g/mol. The number of sulfone groups is 1. The van der Waals surface area contributed by atoms with Gasteiger partial charge in [0.25, 0.3) is 0 Å². The molecule has 1 aromatic rings. The number of carbonyl (C=O) groups excluding carboxylic acids is 1. The Hall–Kier alpha value is -1.40. The Bertz CT molecular complexity index is 653. The highest BCUT2D eigenvalue weighted by Gasteiger charge is 2.74. The number of nitrogens with two attached hydrogens (primary N) is 1. The van der Waals surface area contributed by atoms with Crippen LogP contribution in [-0.2, 0) is 25.8 Å². The molecule has 0 aliphatic heterocycles. The average molecular weight is 325 g/mol. The number of carbonyl (C=O) groups is 1. The lowest BCUT2D eigenvalue weighted by atomic mass is 9.98. The average Bonchev–Trinajstić information content (AvgIpc) is 3.18. The first-order chi connectivity index (χ1) is 10.3. The minimum absolute atomic E-state index is 0.0379. The quantitative estimate of drug-likeness (QED) is 0.796. The molecule has 1 aliphatic rings. The third kappa shape index (κ3) is 2.65. The topological polar surface area (TPSA) is 86.5 Å². The van der Waals surface area contributed by atoms with E-state index in [1.807, 2.05) is 31.2 Å². The summed E-state index contributed by atoms with van der Waals surface area (Å²) in [5.74, 6) is -0.949. The van der Waals surface area contributed by atoms with Crippen molar-refractivity contribution in [3.05, 3.63) is 35.4 Å². The maximum Gasteiger partial charge on any atom is 0.315 e. The van der Waals surface area contributed by atoms with Crippen LogP contribution in [-0.4, -0.2) is 39.0 Å². The molecule has 0 bridgehead atoms. The highest BCUT2D eigenvalue weighted by molar-refractivity contribution is 7.91. The summed E-state index contributed by atoms with van der Waals surface area (Å²) in [6.07, 6.45) is 2.06. The number of hydrogen-bond donors (Lipinski definition) is 1. The third-order valence-corrected chi connectivity index (χ3v) is 6.07. The van der Waals surface area contributed by atoms with Gasteiger partial charge in [-0.15, -0.1) is 0 Å². The van der Waals surface area contributed by atoms with Crippen molar-refractivity contribution in [1.82, 2.24) is 0 Å². The van der Waals surface area contributed by atoms with Crippen molar-refractivity contribution >= 4 is 15.8 Å². The molecule has 1 aromatic carbocycles. The van der Waals surface area contributed by atoms with E-state index in [4.69, 9.17) is 10.5 Å². The molecule has 22 heavy (non-hydrogen) atoms. The Balaban J connectivity index is 2.44. The summed E-state index contributed by atoms with van der Waals surface area (Å²) in [5, 5.41) is -0.809. The van der Waals surface area contributed by atoms with Gasteiger partial charge in [0.2, 0.25) is 0 Å². The molecule has 1 aliphatic carbocycles. The van der Waals surface area contributed by atoms with Crippen molar-refractivity contribution in [3.63, 3.8) is 0 Å². The minimum atomic E-state index is -3.41. The summed E-state index contributed by atoms with van der Waals surface area (Å²) >= 11 is 0. The van der Waals surface area contributed by atoms with Gasteiger partial charge in [-0.2, -0.15) is 0 Å². The molecule has 0 heterocycles. The minimum Gasteiger partial charge on any atom is -0.465 e. The van der Waals surface area contributed by atoms with Gasteiger partial charge in [0.05, 0.1) is 11.9 Å². The van der Waals surface area contributed by atoms with E-state index in [1.54, 1.807) is 6.92 Å². The standard InChI is InChI=1S/C16H23NO4S/c1-4-11-6-8-12(9-7-11)13-14(22(3,19)20)16(13,10-17)15(18)21-5-2/h6-9,13-14H,4-5,10,17H2,1-3H3/t13-,14+,16+/m0/s1. The summed E-state index contributed by atoms with van der Waals surface area (Å²) in [6.45, 7) is 3.92. The van der Waals surface area contributed by atoms with E-state index in [0.717, 1.165) is 23.8 Å². The van der Waals surface area contributed by atoms with E-state index >= 15 is 0 Å². The van der Waals surface area contributed by atoms with Crippen LogP contribution in [0.25, 0.3) is 0 Å². The van der Waals surface area contributed by atoms with Crippen molar-refractivity contribution in [2.24, 2.45) is 11.1 Å². The normalized spacial score (nSPS) is 27.5. The first kappa shape index (κ1) is 17.0. The highest BCUT2D eigenvalue weighted by Crippen LogP contribution is 2.62. The molecule has 122 valence electrons. The second-order valence-electron chi connectivity index (χ2n) is 5.79. The first-order valence-corrected chi connectivity index (χ1v) is 9.43. The Labute approximate surface area is 131 Å². The third-order valence-electron chi connectivity index (χ3n) is 4.46. The second-order valence-corrected chi connectivity index (χ2v) is 7.95. The molecule has 5 nitrogen and oxygen atoms in total. The van der Waals surface area contributed by atoms with Crippen molar-refractivity contribution in [2.75, 3.05) is 19.4 Å². The Kier molecular flexibility index (Phi) is 4.63. The van der Waals surface area contributed by atoms with Gasteiger partial charge in [0.15, 0.2) is 9.84 Å². The molecule has 2 N–H and O–H groups in total. The molecule has 0 spiro atoms. The van der Waals surface area contributed by atoms with Crippen LogP contribution >= 0.6 is 0 Å². The predicted molar refractivity (Wildman–Crippen MR) is 85.3 cm³/mol. The van der Waals surface area contributed by atoms with Gasteiger partial charge in [0.1, 0.15) is 5.41 Å². The largest absolute Gasteiger partial charge is 0.465 e. The summed E-state index contributed by atoms with van der Waals surface area (Å²) in [7, 11) is -3.41. The summed E-state index contributed by atoms with van der Waals surface area (Å²) in [5.41, 5.74) is 6.64. The molecule has 3 atom stereocenters. The monoisotopic (exact) mass is 325 g/mol. The number of aryl methyl sites for hydroxylation is 1. The SMILES string of the molecule is CCOC(=O)[C@@]1(CN)[C@H](S(C)(=O)=O)[C@@H]1c1ccc(CC)cc1.